The van der Waals surface area contributed by atoms with Gasteiger partial charge in [0.25, 0.3) is 0 Å². The van der Waals surface area contributed by atoms with Gasteiger partial charge in [0.15, 0.2) is 0 Å². The topological polar surface area (TPSA) is 56.2 Å². The van der Waals surface area contributed by atoms with Crippen LogP contribution in [0.4, 0.5) is 5.69 Å². The maximum Gasteiger partial charge on any atom is 0.212 e. The summed E-state index contributed by atoms with van der Waals surface area (Å²) in [4.78, 5) is 12.8. The maximum atomic E-state index is 12.8. The Kier molecular flexibility index (Phi) is 4.07. The number of ether oxygens (including phenoxy) is 1. The van der Waals surface area contributed by atoms with Crippen LogP contribution >= 0.6 is 15.9 Å². The predicted octanol–water partition coefficient (Wildman–Crippen LogP) is 2.49. The van der Waals surface area contributed by atoms with Gasteiger partial charge in [0, 0.05) is 24.9 Å². The van der Waals surface area contributed by atoms with Crippen molar-refractivity contribution in [1.82, 2.24) is 9.78 Å². The van der Waals surface area contributed by atoms with E-state index in [0.717, 1.165) is 18.7 Å². The van der Waals surface area contributed by atoms with Crippen molar-refractivity contribution in [1.29, 1.82) is 0 Å². The summed E-state index contributed by atoms with van der Waals surface area (Å²) in [6, 6.07) is 5.82. The smallest absolute Gasteiger partial charge is 0.212 e. The fourth-order valence-corrected chi connectivity index (χ4v) is 2.98. The number of fused-ring (bicyclic) bond motifs is 1. The molecule has 1 aromatic heterocycles. The van der Waals surface area contributed by atoms with Gasteiger partial charge in [-0.15, -0.1) is 0 Å². The highest BCUT2D eigenvalue weighted by Gasteiger charge is 2.20. The minimum atomic E-state index is -0.0352. The van der Waals surface area contributed by atoms with E-state index in [9.17, 15) is 4.79 Å². The van der Waals surface area contributed by atoms with Gasteiger partial charge in [-0.25, -0.2) is 0 Å². The van der Waals surface area contributed by atoms with Crippen LogP contribution in [-0.4, -0.2) is 35.8 Å². The molecule has 0 saturated carbocycles. The van der Waals surface area contributed by atoms with Crippen LogP contribution in [0.15, 0.2) is 28.9 Å². The second-order valence-electron chi connectivity index (χ2n) is 4.93. The van der Waals surface area contributed by atoms with Crippen molar-refractivity contribution in [2.75, 3.05) is 25.6 Å². The summed E-state index contributed by atoms with van der Waals surface area (Å²) in [5.41, 5.74) is 3.55. The largest absolute Gasteiger partial charge is 0.384 e. The molecule has 110 valence electrons. The average molecular weight is 350 g/mol. The van der Waals surface area contributed by atoms with Crippen molar-refractivity contribution < 1.29 is 9.53 Å². The number of nitrogens with one attached hydrogen (secondary N) is 1. The van der Waals surface area contributed by atoms with Crippen molar-refractivity contribution in [2.45, 2.75) is 13.0 Å². The molecule has 0 bridgehead atoms. The first-order valence-electron chi connectivity index (χ1n) is 6.82. The summed E-state index contributed by atoms with van der Waals surface area (Å²) in [5, 5.41) is 7.52. The number of hydrogen-bond acceptors (Lipinski definition) is 4. The zero-order valence-corrected chi connectivity index (χ0v) is 13.3. The highest BCUT2D eigenvalue weighted by Crippen LogP contribution is 2.26. The number of anilines is 1. The average Bonchev–Trinajstić information content (AvgIpc) is 3.10. The first-order valence-corrected chi connectivity index (χ1v) is 7.61. The quantitative estimate of drug-likeness (QED) is 0.842. The van der Waals surface area contributed by atoms with E-state index in [2.05, 4.69) is 26.3 Å². The molecule has 0 amide bonds. The van der Waals surface area contributed by atoms with E-state index < -0.39 is 0 Å². The summed E-state index contributed by atoms with van der Waals surface area (Å²) in [6.45, 7) is 1.99. The van der Waals surface area contributed by atoms with Crippen LogP contribution in [0.5, 0.6) is 0 Å². The number of hydrogen-bond donors (Lipinski definition) is 1. The lowest BCUT2D eigenvalue weighted by Crippen LogP contribution is -2.15. The van der Waals surface area contributed by atoms with Crippen LogP contribution in [0.25, 0.3) is 0 Å². The molecule has 3 rings (SSSR count). The molecule has 2 aromatic rings. The van der Waals surface area contributed by atoms with Crippen LogP contribution < -0.4 is 5.32 Å². The molecular weight excluding hydrogens is 334 g/mol. The number of ketones is 1. The molecule has 0 saturated heterocycles. The molecule has 5 nitrogen and oxygen atoms in total. The number of carbonyl (C=O) groups is 1. The summed E-state index contributed by atoms with van der Waals surface area (Å²) >= 11 is 3.41. The molecule has 2 heterocycles. The van der Waals surface area contributed by atoms with Crippen molar-refractivity contribution in [3.8, 4) is 0 Å². The molecule has 0 radical (unpaired) electrons. The summed E-state index contributed by atoms with van der Waals surface area (Å²) in [6.07, 6.45) is 2.66. The number of nitrogens with zero attached hydrogens (tertiary/aromatic N) is 2. The van der Waals surface area contributed by atoms with Gasteiger partial charge in [-0.2, -0.15) is 5.10 Å². The van der Waals surface area contributed by atoms with Gasteiger partial charge in [0.05, 0.1) is 23.8 Å². The van der Waals surface area contributed by atoms with E-state index in [-0.39, 0.29) is 5.78 Å². The third-order valence-electron chi connectivity index (χ3n) is 3.60. The zero-order chi connectivity index (χ0) is 14.8. The Balaban J connectivity index is 1.93. The molecule has 0 aliphatic carbocycles. The molecule has 1 aliphatic rings. The minimum absolute atomic E-state index is 0.0352. The molecular formula is C15H16BrN3O2. The van der Waals surface area contributed by atoms with E-state index in [0.29, 0.717) is 28.9 Å². The fraction of sp³-hybridized carbons (Fsp3) is 0.333. The van der Waals surface area contributed by atoms with Gasteiger partial charge in [0.1, 0.15) is 5.69 Å². The van der Waals surface area contributed by atoms with Crippen LogP contribution in [0.3, 0.4) is 0 Å². The van der Waals surface area contributed by atoms with E-state index >= 15 is 0 Å². The van der Waals surface area contributed by atoms with Crippen molar-refractivity contribution in [3.05, 3.63) is 45.7 Å². The number of rotatable bonds is 5. The summed E-state index contributed by atoms with van der Waals surface area (Å²) < 4.78 is 7.44. The molecule has 6 heteroatoms. The highest BCUT2D eigenvalue weighted by molar-refractivity contribution is 9.10. The standard InChI is InChI=1S/C15H16BrN3O2/c1-21-7-6-19-14(12(16)9-18-19)15(20)11-3-2-10-4-5-17-13(10)8-11/h2-3,8-9,17H,4-7H2,1H3. The SMILES string of the molecule is COCCn1ncc(Br)c1C(=O)c1ccc2c(c1)NCC2. The Labute approximate surface area is 131 Å². The van der Waals surface area contributed by atoms with Crippen LogP contribution in [0, 0.1) is 0 Å². The Morgan fingerprint density at radius 2 is 2.38 bits per heavy atom. The first-order chi connectivity index (χ1) is 10.2. The van der Waals surface area contributed by atoms with Gasteiger partial charge in [-0.05, 0) is 34.0 Å². The molecule has 1 aliphatic heterocycles. The molecule has 0 fully saturated rings. The van der Waals surface area contributed by atoms with Crippen molar-refractivity contribution in [2.24, 2.45) is 0 Å². The van der Waals surface area contributed by atoms with Crippen molar-refractivity contribution >= 4 is 27.4 Å². The Morgan fingerprint density at radius 3 is 3.19 bits per heavy atom. The van der Waals surface area contributed by atoms with E-state index in [1.54, 1.807) is 18.0 Å². The van der Waals surface area contributed by atoms with E-state index in [1.807, 2.05) is 18.2 Å². The zero-order valence-electron chi connectivity index (χ0n) is 11.7. The second kappa shape index (κ2) is 5.99. The lowest BCUT2D eigenvalue weighted by molar-refractivity contribution is 0.102. The maximum absolute atomic E-state index is 12.8. The second-order valence-corrected chi connectivity index (χ2v) is 5.79. The Bertz CT molecular complexity index is 682. The third-order valence-corrected chi connectivity index (χ3v) is 4.18. The van der Waals surface area contributed by atoms with Crippen LogP contribution in [0.1, 0.15) is 21.6 Å². The van der Waals surface area contributed by atoms with Gasteiger partial charge in [0.2, 0.25) is 5.78 Å². The van der Waals surface area contributed by atoms with E-state index in [1.165, 1.54) is 5.56 Å². The number of aromatic nitrogens is 2. The number of benzene rings is 1. The predicted molar refractivity (Wildman–Crippen MR) is 83.9 cm³/mol. The number of carbonyl (C=O) groups excluding carboxylic acids is 1. The minimum Gasteiger partial charge on any atom is -0.384 e. The van der Waals surface area contributed by atoms with Crippen LogP contribution in [-0.2, 0) is 17.7 Å². The highest BCUT2D eigenvalue weighted by atomic mass is 79.9. The Morgan fingerprint density at radius 1 is 1.52 bits per heavy atom. The number of methoxy groups -OCH3 is 1. The molecule has 1 N–H and O–H groups in total. The fourth-order valence-electron chi connectivity index (χ4n) is 2.50. The van der Waals surface area contributed by atoms with Crippen molar-refractivity contribution in [3.63, 3.8) is 0 Å². The first kappa shape index (κ1) is 14.3. The van der Waals surface area contributed by atoms with Gasteiger partial charge in [-0.3, -0.25) is 9.48 Å². The monoisotopic (exact) mass is 349 g/mol. The van der Waals surface area contributed by atoms with E-state index in [4.69, 9.17) is 4.74 Å². The number of halogens is 1. The molecule has 0 atom stereocenters. The molecule has 0 spiro atoms. The third kappa shape index (κ3) is 2.73. The summed E-state index contributed by atoms with van der Waals surface area (Å²) in [7, 11) is 1.63. The lowest BCUT2D eigenvalue weighted by Gasteiger charge is -2.08. The molecule has 0 unspecified atom stereocenters. The Hall–Kier alpha value is -1.66. The van der Waals surface area contributed by atoms with Gasteiger partial charge in [-0.1, -0.05) is 12.1 Å². The lowest BCUT2D eigenvalue weighted by atomic mass is 10.0. The van der Waals surface area contributed by atoms with Gasteiger partial charge < -0.3 is 10.1 Å². The normalized spacial score (nSPS) is 13.0. The molecule has 21 heavy (non-hydrogen) atoms. The van der Waals surface area contributed by atoms with Gasteiger partial charge >= 0.3 is 0 Å². The molecule has 1 aromatic carbocycles. The summed E-state index contributed by atoms with van der Waals surface area (Å²) in [5.74, 6) is -0.0352. The van der Waals surface area contributed by atoms with Crippen LogP contribution in [0.2, 0.25) is 0 Å².